The highest BCUT2D eigenvalue weighted by atomic mass is 35.5. The van der Waals surface area contributed by atoms with Gasteiger partial charge in [0.05, 0.1) is 11.6 Å². The van der Waals surface area contributed by atoms with Gasteiger partial charge in [-0.2, -0.15) is 0 Å². The first kappa shape index (κ1) is 13.6. The second-order valence-electron chi connectivity index (χ2n) is 3.42. The molecular formula is C13H16ClNO2. The molecule has 1 aromatic heterocycles. The Hall–Kier alpha value is -1.48. The van der Waals surface area contributed by atoms with Crippen LogP contribution in [0.15, 0.2) is 25.3 Å². The van der Waals surface area contributed by atoms with Gasteiger partial charge in [0, 0.05) is 12.2 Å². The second-order valence-corrected chi connectivity index (χ2v) is 3.83. The number of nitrogens with zero attached hydrogens (tertiary/aromatic N) is 1. The van der Waals surface area contributed by atoms with Crippen molar-refractivity contribution in [2.24, 2.45) is 0 Å². The standard InChI is InChI=1S/C13H16ClNO2/c1-4-7-8-15-10(5-2)9-11(14)12(15)13(16)17-6-3/h4-5,9H,1-2,6-8H2,3H3. The quantitative estimate of drug-likeness (QED) is 0.574. The molecule has 0 amide bonds. The number of hydrogen-bond donors (Lipinski definition) is 0. The highest BCUT2D eigenvalue weighted by Crippen LogP contribution is 2.23. The molecule has 0 unspecified atom stereocenters. The van der Waals surface area contributed by atoms with Gasteiger partial charge in [-0.3, -0.25) is 0 Å². The molecule has 4 heteroatoms. The predicted molar refractivity (Wildman–Crippen MR) is 70.3 cm³/mol. The minimum Gasteiger partial charge on any atom is -0.461 e. The zero-order chi connectivity index (χ0) is 12.8. The van der Waals surface area contributed by atoms with E-state index in [-0.39, 0.29) is 0 Å². The number of carbonyl (C=O) groups excluding carboxylic acids is 1. The van der Waals surface area contributed by atoms with Crippen LogP contribution in [-0.2, 0) is 11.3 Å². The molecule has 0 saturated carbocycles. The summed E-state index contributed by atoms with van der Waals surface area (Å²) in [5.41, 5.74) is 1.19. The summed E-state index contributed by atoms with van der Waals surface area (Å²) in [6.45, 7) is 10.1. The molecule has 0 saturated heterocycles. The van der Waals surface area contributed by atoms with E-state index in [1.807, 2.05) is 0 Å². The van der Waals surface area contributed by atoms with Gasteiger partial charge in [0.15, 0.2) is 0 Å². The lowest BCUT2D eigenvalue weighted by atomic mass is 10.3. The molecule has 0 aliphatic heterocycles. The molecule has 1 rings (SSSR count). The lowest BCUT2D eigenvalue weighted by Gasteiger charge is -2.10. The Morgan fingerprint density at radius 1 is 1.59 bits per heavy atom. The maximum atomic E-state index is 11.8. The molecular weight excluding hydrogens is 238 g/mol. The third-order valence-electron chi connectivity index (χ3n) is 2.32. The molecule has 0 radical (unpaired) electrons. The summed E-state index contributed by atoms with van der Waals surface area (Å²) in [6.07, 6.45) is 4.20. The number of esters is 1. The summed E-state index contributed by atoms with van der Waals surface area (Å²) in [5, 5.41) is 0.391. The van der Waals surface area contributed by atoms with Crippen molar-refractivity contribution in [3.63, 3.8) is 0 Å². The highest BCUT2D eigenvalue weighted by molar-refractivity contribution is 6.33. The first-order valence-electron chi connectivity index (χ1n) is 5.45. The number of ether oxygens (including phenoxy) is 1. The fraction of sp³-hybridized carbons (Fsp3) is 0.308. The predicted octanol–water partition coefficient (Wildman–Crippen LogP) is 3.54. The molecule has 0 spiro atoms. The van der Waals surface area contributed by atoms with Gasteiger partial charge in [-0.05, 0) is 25.5 Å². The summed E-state index contributed by atoms with van der Waals surface area (Å²) in [7, 11) is 0. The van der Waals surface area contributed by atoms with E-state index < -0.39 is 5.97 Å². The molecule has 0 N–H and O–H groups in total. The Balaban J connectivity index is 3.15. The zero-order valence-corrected chi connectivity index (χ0v) is 10.7. The third kappa shape index (κ3) is 3.01. The molecule has 3 nitrogen and oxygen atoms in total. The highest BCUT2D eigenvalue weighted by Gasteiger charge is 2.19. The van der Waals surface area contributed by atoms with Gasteiger partial charge in [-0.1, -0.05) is 24.3 Å². The van der Waals surface area contributed by atoms with Crippen molar-refractivity contribution in [3.05, 3.63) is 41.7 Å². The Morgan fingerprint density at radius 3 is 2.82 bits per heavy atom. The van der Waals surface area contributed by atoms with Crippen molar-refractivity contribution < 1.29 is 9.53 Å². The van der Waals surface area contributed by atoms with E-state index in [1.165, 1.54) is 0 Å². The normalized spacial score (nSPS) is 10.0. The summed E-state index contributed by atoms with van der Waals surface area (Å²) >= 11 is 6.04. The van der Waals surface area contributed by atoms with Gasteiger partial charge in [0.2, 0.25) is 0 Å². The fourth-order valence-corrected chi connectivity index (χ4v) is 1.86. The Bertz CT molecular complexity index is 435. The van der Waals surface area contributed by atoms with Crippen LogP contribution in [0.2, 0.25) is 5.02 Å². The maximum absolute atomic E-state index is 11.8. The van der Waals surface area contributed by atoms with Crippen LogP contribution < -0.4 is 0 Å². The second kappa shape index (κ2) is 6.30. The summed E-state index contributed by atoms with van der Waals surface area (Å²) in [5.74, 6) is -0.408. The van der Waals surface area contributed by atoms with E-state index in [2.05, 4.69) is 13.2 Å². The van der Waals surface area contributed by atoms with Gasteiger partial charge in [-0.25, -0.2) is 4.79 Å². The van der Waals surface area contributed by atoms with Crippen LogP contribution >= 0.6 is 11.6 Å². The first-order valence-corrected chi connectivity index (χ1v) is 5.83. The van der Waals surface area contributed by atoms with Crippen molar-refractivity contribution in [1.82, 2.24) is 4.57 Å². The van der Waals surface area contributed by atoms with Crippen molar-refractivity contribution in [1.29, 1.82) is 0 Å². The summed E-state index contributed by atoms with van der Waals surface area (Å²) < 4.78 is 6.78. The van der Waals surface area contributed by atoms with Gasteiger partial charge < -0.3 is 9.30 Å². The zero-order valence-electron chi connectivity index (χ0n) is 9.91. The van der Waals surface area contributed by atoms with Crippen LogP contribution in [0, 0.1) is 0 Å². The minimum atomic E-state index is -0.408. The van der Waals surface area contributed by atoms with Crippen molar-refractivity contribution in [3.8, 4) is 0 Å². The van der Waals surface area contributed by atoms with Crippen molar-refractivity contribution in [2.45, 2.75) is 19.9 Å². The Morgan fingerprint density at radius 2 is 2.29 bits per heavy atom. The SMILES string of the molecule is C=CCCn1c(C=C)cc(Cl)c1C(=O)OCC. The van der Waals surface area contributed by atoms with Crippen molar-refractivity contribution in [2.75, 3.05) is 6.61 Å². The number of halogens is 1. The monoisotopic (exact) mass is 253 g/mol. The topological polar surface area (TPSA) is 31.2 Å². The van der Waals surface area contributed by atoms with Gasteiger partial charge in [0.25, 0.3) is 0 Å². The van der Waals surface area contributed by atoms with E-state index in [4.69, 9.17) is 16.3 Å². The number of hydrogen-bond acceptors (Lipinski definition) is 2. The van der Waals surface area contributed by atoms with Crippen LogP contribution in [-0.4, -0.2) is 17.1 Å². The molecule has 1 aromatic rings. The van der Waals surface area contributed by atoms with Crippen LogP contribution in [0.1, 0.15) is 29.5 Å². The summed E-state index contributed by atoms with van der Waals surface area (Å²) in [4.78, 5) is 11.8. The van der Waals surface area contributed by atoms with Gasteiger partial charge >= 0.3 is 5.97 Å². The number of carbonyl (C=O) groups is 1. The molecule has 0 aromatic carbocycles. The molecule has 1 heterocycles. The van der Waals surface area contributed by atoms with Crippen LogP contribution in [0.3, 0.4) is 0 Å². The molecule has 0 aliphatic rings. The number of allylic oxidation sites excluding steroid dienone is 1. The lowest BCUT2D eigenvalue weighted by Crippen LogP contribution is -2.13. The summed E-state index contributed by atoms with van der Waals surface area (Å²) in [6, 6.07) is 1.71. The molecule has 0 atom stereocenters. The third-order valence-corrected chi connectivity index (χ3v) is 2.61. The molecule has 92 valence electrons. The van der Waals surface area contributed by atoms with Crippen molar-refractivity contribution >= 4 is 23.6 Å². The number of aromatic nitrogens is 1. The number of rotatable bonds is 6. The maximum Gasteiger partial charge on any atom is 0.356 e. The smallest absolute Gasteiger partial charge is 0.356 e. The van der Waals surface area contributed by atoms with E-state index in [0.29, 0.717) is 23.9 Å². The lowest BCUT2D eigenvalue weighted by molar-refractivity contribution is 0.0514. The Kier molecular flexibility index (Phi) is 5.04. The van der Waals surface area contributed by atoms with Crippen LogP contribution in [0.25, 0.3) is 6.08 Å². The fourth-order valence-electron chi connectivity index (χ4n) is 1.57. The molecule has 0 fully saturated rings. The molecule has 0 aliphatic carbocycles. The Labute approximate surface area is 106 Å². The van der Waals surface area contributed by atoms with E-state index in [1.54, 1.807) is 29.7 Å². The first-order chi connectivity index (χ1) is 8.15. The van der Waals surface area contributed by atoms with E-state index in [0.717, 1.165) is 12.1 Å². The van der Waals surface area contributed by atoms with Crippen LogP contribution in [0.5, 0.6) is 0 Å². The van der Waals surface area contributed by atoms with E-state index >= 15 is 0 Å². The van der Waals surface area contributed by atoms with E-state index in [9.17, 15) is 4.79 Å². The van der Waals surface area contributed by atoms with Crippen LogP contribution in [0.4, 0.5) is 0 Å². The van der Waals surface area contributed by atoms with Gasteiger partial charge in [0.1, 0.15) is 5.69 Å². The average molecular weight is 254 g/mol. The average Bonchev–Trinajstić information content (AvgIpc) is 2.63. The minimum absolute atomic E-state index is 0.325. The molecule has 0 bridgehead atoms. The van der Waals surface area contributed by atoms with Gasteiger partial charge in [-0.15, -0.1) is 6.58 Å². The molecule has 17 heavy (non-hydrogen) atoms. The largest absolute Gasteiger partial charge is 0.461 e.